The van der Waals surface area contributed by atoms with Crippen molar-refractivity contribution in [2.75, 3.05) is 0 Å². The van der Waals surface area contributed by atoms with Crippen LogP contribution >= 0.6 is 0 Å². The minimum Gasteiger partial charge on any atom is -0.315 e. The maximum Gasteiger partial charge on any atom is 0.261 e. The number of nitrogens with zero attached hydrogens (tertiary/aromatic N) is 4. The summed E-state index contributed by atoms with van der Waals surface area (Å²) in [4.78, 5) is 16.9. The van der Waals surface area contributed by atoms with Crippen LogP contribution in [0.4, 0.5) is 0 Å². The van der Waals surface area contributed by atoms with Crippen LogP contribution in [0, 0.1) is 0 Å². The lowest BCUT2D eigenvalue weighted by atomic mass is 9.97. The van der Waals surface area contributed by atoms with Gasteiger partial charge in [0.15, 0.2) is 5.65 Å². The molecule has 5 nitrogen and oxygen atoms in total. The van der Waals surface area contributed by atoms with Crippen LogP contribution in [0.15, 0.2) is 47.2 Å². The van der Waals surface area contributed by atoms with Crippen molar-refractivity contribution < 1.29 is 0 Å². The molecule has 0 saturated carbocycles. The van der Waals surface area contributed by atoms with Crippen LogP contribution in [0.3, 0.4) is 0 Å². The molecule has 1 aliphatic carbocycles. The smallest absolute Gasteiger partial charge is 0.261 e. The Morgan fingerprint density at radius 1 is 1.23 bits per heavy atom. The predicted octanol–water partition coefficient (Wildman–Crippen LogP) is 2.93. The minimum atomic E-state index is 0.0128. The Morgan fingerprint density at radius 2 is 2.18 bits per heavy atom. The Hall–Kier alpha value is -2.43. The molecule has 0 fully saturated rings. The van der Waals surface area contributed by atoms with Crippen molar-refractivity contribution in [1.29, 1.82) is 0 Å². The molecule has 0 N–H and O–H groups in total. The second-order valence-electron chi connectivity index (χ2n) is 5.83. The van der Waals surface area contributed by atoms with Gasteiger partial charge in [0, 0.05) is 25.0 Å². The number of aromatic nitrogens is 4. The largest absolute Gasteiger partial charge is 0.315 e. The normalized spacial score (nSPS) is 15.4. The molecule has 0 unspecified atom stereocenters. The van der Waals surface area contributed by atoms with E-state index in [0.717, 1.165) is 24.1 Å². The summed E-state index contributed by atoms with van der Waals surface area (Å²) in [6.07, 6.45) is 13.5. The zero-order chi connectivity index (χ0) is 14.9. The molecule has 5 heteroatoms. The number of hydrogen-bond acceptors (Lipinski definition) is 3. The fraction of sp³-hybridized carbons (Fsp3) is 0.353. The topological polar surface area (TPSA) is 52.2 Å². The molecule has 0 atom stereocenters. The van der Waals surface area contributed by atoms with Gasteiger partial charge >= 0.3 is 0 Å². The van der Waals surface area contributed by atoms with Gasteiger partial charge < -0.3 is 4.57 Å². The Morgan fingerprint density at radius 3 is 3.05 bits per heavy atom. The summed E-state index contributed by atoms with van der Waals surface area (Å²) in [6.45, 7) is 0.734. The maximum atomic E-state index is 12.6. The summed E-state index contributed by atoms with van der Waals surface area (Å²) >= 11 is 0. The Balaban J connectivity index is 1.70. The van der Waals surface area contributed by atoms with Crippen molar-refractivity contribution in [2.24, 2.45) is 0 Å². The van der Waals surface area contributed by atoms with Crippen molar-refractivity contribution in [2.45, 2.75) is 38.6 Å². The first-order chi connectivity index (χ1) is 10.8. The molecule has 0 aromatic carbocycles. The molecule has 0 amide bonds. The molecule has 4 rings (SSSR count). The molecule has 3 aromatic rings. The second kappa shape index (κ2) is 5.40. The van der Waals surface area contributed by atoms with Gasteiger partial charge in [0.2, 0.25) is 0 Å². The first-order valence-electron chi connectivity index (χ1n) is 7.83. The van der Waals surface area contributed by atoms with E-state index in [-0.39, 0.29) is 5.56 Å². The highest BCUT2D eigenvalue weighted by atomic mass is 16.1. The maximum absolute atomic E-state index is 12.6. The minimum absolute atomic E-state index is 0.0128. The summed E-state index contributed by atoms with van der Waals surface area (Å²) in [5.74, 6) is 0. The van der Waals surface area contributed by atoms with Crippen LogP contribution in [0.2, 0.25) is 0 Å². The van der Waals surface area contributed by atoms with Crippen LogP contribution in [-0.4, -0.2) is 19.2 Å². The van der Waals surface area contributed by atoms with Crippen molar-refractivity contribution >= 4 is 16.6 Å². The number of aryl methyl sites for hydroxylation is 1. The highest BCUT2D eigenvalue weighted by Gasteiger charge is 2.09. The SMILES string of the molecule is O=c1c2cnc3ccnn3c2ccn1CCC1=CCCCC1. The van der Waals surface area contributed by atoms with E-state index in [0.29, 0.717) is 5.39 Å². The van der Waals surface area contributed by atoms with Gasteiger partial charge in [-0.3, -0.25) is 4.79 Å². The first kappa shape index (κ1) is 13.2. The van der Waals surface area contributed by atoms with Gasteiger partial charge in [0.1, 0.15) is 0 Å². The van der Waals surface area contributed by atoms with Gasteiger partial charge in [0.05, 0.1) is 17.1 Å². The Kier molecular flexibility index (Phi) is 3.25. The summed E-state index contributed by atoms with van der Waals surface area (Å²) in [5, 5.41) is 4.86. The Bertz CT molecular complexity index is 919. The lowest BCUT2D eigenvalue weighted by Gasteiger charge is -2.13. The zero-order valence-electron chi connectivity index (χ0n) is 12.4. The average molecular weight is 294 g/mol. The van der Waals surface area contributed by atoms with Crippen LogP contribution in [0.1, 0.15) is 32.1 Å². The lowest BCUT2D eigenvalue weighted by molar-refractivity contribution is 0.616. The molecular weight excluding hydrogens is 276 g/mol. The van der Waals surface area contributed by atoms with E-state index in [2.05, 4.69) is 16.2 Å². The van der Waals surface area contributed by atoms with Crippen molar-refractivity contribution in [3.63, 3.8) is 0 Å². The number of fused-ring (bicyclic) bond motifs is 3. The average Bonchev–Trinajstić information content (AvgIpc) is 3.04. The zero-order valence-corrected chi connectivity index (χ0v) is 12.4. The number of hydrogen-bond donors (Lipinski definition) is 0. The third-order valence-corrected chi connectivity index (χ3v) is 4.42. The second-order valence-corrected chi connectivity index (χ2v) is 5.83. The molecule has 0 aliphatic heterocycles. The van der Waals surface area contributed by atoms with Gasteiger partial charge in [0.25, 0.3) is 5.56 Å². The third kappa shape index (κ3) is 2.22. The van der Waals surface area contributed by atoms with E-state index in [9.17, 15) is 4.79 Å². The molecule has 1 aliphatic rings. The Labute approximate surface area is 127 Å². The van der Waals surface area contributed by atoms with Crippen LogP contribution < -0.4 is 5.56 Å². The molecule has 112 valence electrons. The highest BCUT2D eigenvalue weighted by molar-refractivity contribution is 5.78. The summed E-state index contributed by atoms with van der Waals surface area (Å²) in [7, 11) is 0. The number of pyridine rings is 1. The molecule has 0 spiro atoms. The van der Waals surface area contributed by atoms with E-state index in [4.69, 9.17) is 0 Å². The van der Waals surface area contributed by atoms with E-state index >= 15 is 0 Å². The van der Waals surface area contributed by atoms with Crippen molar-refractivity contribution in [3.05, 3.63) is 52.7 Å². The summed E-state index contributed by atoms with van der Waals surface area (Å²) in [5.41, 5.74) is 3.07. The van der Waals surface area contributed by atoms with E-state index in [1.807, 2.05) is 18.3 Å². The molecular formula is C17H18N4O. The van der Waals surface area contributed by atoms with Crippen LogP contribution in [0.5, 0.6) is 0 Å². The molecule has 22 heavy (non-hydrogen) atoms. The fourth-order valence-corrected chi connectivity index (χ4v) is 3.17. The number of allylic oxidation sites excluding steroid dienone is 2. The van der Waals surface area contributed by atoms with Gasteiger partial charge in [-0.1, -0.05) is 11.6 Å². The summed E-state index contributed by atoms with van der Waals surface area (Å²) < 4.78 is 3.50. The van der Waals surface area contributed by atoms with Gasteiger partial charge in [-0.25, -0.2) is 9.50 Å². The first-order valence-corrected chi connectivity index (χ1v) is 7.83. The fourth-order valence-electron chi connectivity index (χ4n) is 3.17. The van der Waals surface area contributed by atoms with Crippen LogP contribution in [0.25, 0.3) is 16.6 Å². The van der Waals surface area contributed by atoms with E-state index in [1.54, 1.807) is 21.5 Å². The van der Waals surface area contributed by atoms with Gasteiger partial charge in [-0.15, -0.1) is 0 Å². The van der Waals surface area contributed by atoms with E-state index < -0.39 is 0 Å². The van der Waals surface area contributed by atoms with Crippen molar-refractivity contribution in [3.8, 4) is 0 Å². The quantitative estimate of drug-likeness (QED) is 0.698. The standard InChI is InChI=1S/C17H18N4O/c22-17-14-12-18-16-6-9-19-21(16)15(14)8-11-20(17)10-7-13-4-2-1-3-5-13/h4,6,8-9,11-12H,1-3,5,7,10H2. The van der Waals surface area contributed by atoms with Crippen molar-refractivity contribution in [1.82, 2.24) is 19.2 Å². The number of rotatable bonds is 3. The van der Waals surface area contributed by atoms with Gasteiger partial charge in [-0.2, -0.15) is 5.10 Å². The molecule has 0 bridgehead atoms. The third-order valence-electron chi connectivity index (χ3n) is 4.42. The predicted molar refractivity (Wildman–Crippen MR) is 85.9 cm³/mol. The monoisotopic (exact) mass is 294 g/mol. The van der Waals surface area contributed by atoms with E-state index in [1.165, 1.54) is 31.3 Å². The molecule has 3 heterocycles. The molecule has 3 aromatic heterocycles. The summed E-state index contributed by atoms with van der Waals surface area (Å²) in [6, 6.07) is 3.79. The molecule has 0 radical (unpaired) electrons. The molecule has 0 saturated heterocycles. The van der Waals surface area contributed by atoms with Crippen LogP contribution in [-0.2, 0) is 6.54 Å². The van der Waals surface area contributed by atoms with Gasteiger partial charge in [-0.05, 0) is 38.2 Å². The highest BCUT2D eigenvalue weighted by Crippen LogP contribution is 2.20. The lowest BCUT2D eigenvalue weighted by Crippen LogP contribution is -2.21.